The minimum absolute atomic E-state index is 0.182. The van der Waals surface area contributed by atoms with Crippen molar-refractivity contribution in [1.82, 2.24) is 20.4 Å². The average molecular weight is 416 g/mol. The monoisotopic (exact) mass is 416 g/mol. The lowest BCUT2D eigenvalue weighted by Crippen LogP contribution is -2.69. The van der Waals surface area contributed by atoms with Crippen LogP contribution in [-0.4, -0.2) is 57.7 Å². The summed E-state index contributed by atoms with van der Waals surface area (Å²) in [5, 5.41) is 6.36. The molecule has 10 heteroatoms. The number of fused-ring (bicyclic) bond motifs is 1. The molecule has 0 unspecified atom stereocenters. The maximum Gasteiger partial charge on any atom is 0.274 e. The molecule has 2 aromatic rings. The van der Waals surface area contributed by atoms with Crippen molar-refractivity contribution >= 4 is 29.3 Å². The summed E-state index contributed by atoms with van der Waals surface area (Å²) in [6, 6.07) is 6.31. The number of hydrogen-bond donors (Lipinski definition) is 1. The van der Waals surface area contributed by atoms with Gasteiger partial charge in [-0.25, -0.2) is 0 Å². The molecule has 2 amide bonds. The third kappa shape index (κ3) is 3.67. The number of amides is 2. The van der Waals surface area contributed by atoms with Gasteiger partial charge in [-0.2, -0.15) is 4.98 Å². The Bertz CT molecular complexity index is 971. The van der Waals surface area contributed by atoms with Crippen molar-refractivity contribution in [3.05, 3.63) is 41.6 Å². The summed E-state index contributed by atoms with van der Waals surface area (Å²) in [7, 11) is 1.58. The van der Waals surface area contributed by atoms with Gasteiger partial charge in [0.1, 0.15) is 28.6 Å². The molecular weight excluding hydrogens is 396 g/mol. The first kappa shape index (κ1) is 19.3. The van der Waals surface area contributed by atoms with Gasteiger partial charge >= 0.3 is 0 Å². The molecule has 9 nitrogen and oxygen atoms in total. The van der Waals surface area contributed by atoms with Gasteiger partial charge < -0.3 is 19.3 Å². The van der Waals surface area contributed by atoms with Gasteiger partial charge in [0.25, 0.3) is 17.7 Å². The second kappa shape index (κ2) is 7.78. The highest BCUT2D eigenvalue weighted by molar-refractivity contribution is 8.00. The quantitative estimate of drug-likeness (QED) is 0.708. The third-order valence-electron chi connectivity index (χ3n) is 4.63. The Morgan fingerprint density at radius 1 is 1.31 bits per heavy atom. The molecule has 0 spiro atoms. The first-order chi connectivity index (χ1) is 14.0. The van der Waals surface area contributed by atoms with E-state index in [2.05, 4.69) is 15.5 Å². The topological polar surface area (TPSA) is 107 Å². The zero-order chi connectivity index (χ0) is 20.5. The van der Waals surface area contributed by atoms with E-state index in [1.807, 2.05) is 6.92 Å². The van der Waals surface area contributed by atoms with Gasteiger partial charge in [-0.3, -0.25) is 14.5 Å². The summed E-state index contributed by atoms with van der Waals surface area (Å²) < 4.78 is 15.8. The van der Waals surface area contributed by atoms with Crippen LogP contribution in [0.1, 0.15) is 18.6 Å². The van der Waals surface area contributed by atoms with Gasteiger partial charge in [-0.15, -0.1) is 11.8 Å². The van der Waals surface area contributed by atoms with Crippen LogP contribution in [0.25, 0.3) is 5.70 Å². The van der Waals surface area contributed by atoms with Crippen molar-refractivity contribution in [3.8, 4) is 11.5 Å². The first-order valence-electron chi connectivity index (χ1n) is 8.99. The van der Waals surface area contributed by atoms with Crippen LogP contribution in [-0.2, 0) is 9.59 Å². The summed E-state index contributed by atoms with van der Waals surface area (Å²) in [5.41, 5.74) is 1.62. The molecule has 2 aliphatic rings. The highest BCUT2D eigenvalue weighted by Crippen LogP contribution is 2.43. The molecule has 0 saturated carbocycles. The van der Waals surface area contributed by atoms with Gasteiger partial charge in [0.15, 0.2) is 12.4 Å². The Hall–Kier alpha value is -3.01. The molecule has 3 heterocycles. The van der Waals surface area contributed by atoms with Crippen LogP contribution < -0.4 is 14.8 Å². The Morgan fingerprint density at radius 3 is 2.69 bits per heavy atom. The molecule has 1 N–H and O–H groups in total. The van der Waals surface area contributed by atoms with Crippen LogP contribution in [0.15, 0.2) is 34.4 Å². The average Bonchev–Trinajstić information content (AvgIpc) is 3.16. The summed E-state index contributed by atoms with van der Waals surface area (Å²) in [6.45, 7) is 3.47. The molecule has 0 bridgehead atoms. The molecule has 0 aliphatic carbocycles. The van der Waals surface area contributed by atoms with Crippen LogP contribution in [0, 0.1) is 6.92 Å². The number of carbonyl (C=O) groups excluding carboxylic acids is 2. The van der Waals surface area contributed by atoms with E-state index in [0.29, 0.717) is 34.7 Å². The fraction of sp³-hybridized carbons (Fsp3) is 0.368. The van der Waals surface area contributed by atoms with E-state index in [1.54, 1.807) is 55.0 Å². The molecule has 1 saturated heterocycles. The minimum Gasteiger partial charge on any atom is -0.497 e. The molecule has 1 aromatic heterocycles. The van der Waals surface area contributed by atoms with E-state index < -0.39 is 6.04 Å². The van der Waals surface area contributed by atoms with Gasteiger partial charge in [0.05, 0.1) is 7.11 Å². The molecule has 0 radical (unpaired) electrons. The molecular formula is C19H20N4O5S. The van der Waals surface area contributed by atoms with Crippen LogP contribution in [0.3, 0.4) is 0 Å². The number of rotatable bonds is 6. The summed E-state index contributed by atoms with van der Waals surface area (Å²) >= 11 is 1.59. The number of β-lactam (4-membered cyclic amide) rings is 1. The van der Waals surface area contributed by atoms with E-state index in [-0.39, 0.29) is 23.8 Å². The largest absolute Gasteiger partial charge is 0.497 e. The van der Waals surface area contributed by atoms with E-state index in [4.69, 9.17) is 14.0 Å². The molecule has 1 fully saturated rings. The number of thioether (sulfide) groups is 1. The number of aromatic nitrogens is 2. The Labute approximate surface area is 171 Å². The molecule has 29 heavy (non-hydrogen) atoms. The van der Waals surface area contributed by atoms with Crippen molar-refractivity contribution in [2.75, 3.05) is 19.5 Å². The van der Waals surface area contributed by atoms with Crippen LogP contribution in [0.4, 0.5) is 0 Å². The third-order valence-corrected chi connectivity index (χ3v) is 6.06. The lowest BCUT2D eigenvalue weighted by Gasteiger charge is -2.49. The zero-order valence-electron chi connectivity index (χ0n) is 16.2. The Kier molecular flexibility index (Phi) is 5.18. The van der Waals surface area contributed by atoms with Crippen molar-refractivity contribution in [2.45, 2.75) is 25.3 Å². The van der Waals surface area contributed by atoms with E-state index in [0.717, 1.165) is 5.57 Å². The molecule has 4 rings (SSSR count). The number of ether oxygens (including phenoxy) is 2. The van der Waals surface area contributed by atoms with E-state index >= 15 is 0 Å². The number of nitrogens with one attached hydrogen (secondary N) is 1. The van der Waals surface area contributed by atoms with E-state index in [9.17, 15) is 9.59 Å². The number of nitrogens with zero attached hydrogens (tertiary/aromatic N) is 3. The number of benzene rings is 1. The summed E-state index contributed by atoms with van der Waals surface area (Å²) in [6.07, 6.45) is 0. The van der Waals surface area contributed by atoms with E-state index in [1.165, 1.54) is 0 Å². The molecule has 152 valence electrons. The minimum atomic E-state index is -0.612. The van der Waals surface area contributed by atoms with Gasteiger partial charge in [0, 0.05) is 5.75 Å². The van der Waals surface area contributed by atoms with Crippen LogP contribution in [0.2, 0.25) is 0 Å². The second-order valence-corrected chi connectivity index (χ2v) is 7.80. The lowest BCUT2D eigenvalue weighted by molar-refractivity contribution is -0.144. The van der Waals surface area contributed by atoms with Crippen molar-refractivity contribution < 1.29 is 23.6 Å². The van der Waals surface area contributed by atoms with Crippen molar-refractivity contribution in [3.63, 3.8) is 0 Å². The SMILES string of the molecule is COc1ccc(OCC(=O)N[C@@H]2C(=O)N3C(c4nc(C)no4)=C(C)CS[C@H]23)cc1. The molecule has 2 aliphatic heterocycles. The maximum atomic E-state index is 12.7. The highest BCUT2D eigenvalue weighted by Gasteiger charge is 2.53. The van der Waals surface area contributed by atoms with Crippen molar-refractivity contribution in [1.29, 1.82) is 0 Å². The number of aryl methyl sites for hydroxylation is 1. The normalized spacial score (nSPS) is 20.8. The van der Waals surface area contributed by atoms with Crippen LogP contribution >= 0.6 is 11.8 Å². The first-order valence-corrected chi connectivity index (χ1v) is 10.0. The van der Waals surface area contributed by atoms with Crippen molar-refractivity contribution in [2.24, 2.45) is 0 Å². The Balaban J connectivity index is 1.37. The van der Waals surface area contributed by atoms with Gasteiger partial charge in [-0.1, -0.05) is 5.16 Å². The summed E-state index contributed by atoms with van der Waals surface area (Å²) in [4.78, 5) is 30.9. The fourth-order valence-electron chi connectivity index (χ4n) is 3.20. The lowest BCUT2D eigenvalue weighted by atomic mass is 10.0. The zero-order valence-corrected chi connectivity index (χ0v) is 17.0. The smallest absolute Gasteiger partial charge is 0.274 e. The highest BCUT2D eigenvalue weighted by atomic mass is 32.2. The predicted molar refractivity (Wildman–Crippen MR) is 105 cm³/mol. The molecule has 1 aromatic carbocycles. The standard InChI is InChI=1S/C19H20N4O5S/c1-10-9-29-19-15(18(25)23(19)16(10)17-20-11(2)22-28-17)21-14(24)8-27-13-6-4-12(26-3)5-7-13/h4-7,15,19H,8-9H2,1-3H3,(H,21,24)/t15-,19-/m1/s1. The number of carbonyl (C=O) groups is 2. The fourth-order valence-corrected chi connectivity index (χ4v) is 4.50. The molecule has 2 atom stereocenters. The Morgan fingerprint density at radius 2 is 2.03 bits per heavy atom. The predicted octanol–water partition coefficient (Wildman–Crippen LogP) is 1.60. The maximum absolute atomic E-state index is 12.7. The second-order valence-electron chi connectivity index (χ2n) is 6.69. The number of methoxy groups -OCH3 is 1. The number of hydrogen-bond acceptors (Lipinski definition) is 8. The summed E-state index contributed by atoms with van der Waals surface area (Å²) in [5.74, 6) is 2.22. The van der Waals surface area contributed by atoms with Gasteiger partial charge in [0.2, 0.25) is 0 Å². The van der Waals surface area contributed by atoms with Gasteiger partial charge in [-0.05, 0) is 43.7 Å². The van der Waals surface area contributed by atoms with Crippen LogP contribution in [0.5, 0.6) is 11.5 Å².